The van der Waals surface area contributed by atoms with Crippen LogP contribution in [0.25, 0.3) is 11.0 Å². The van der Waals surface area contributed by atoms with Crippen LogP contribution in [0.15, 0.2) is 18.6 Å². The lowest BCUT2D eigenvalue weighted by molar-refractivity contribution is 0.699. The molecule has 0 aliphatic rings. The van der Waals surface area contributed by atoms with E-state index in [9.17, 15) is 0 Å². The molecule has 0 aliphatic heterocycles. The second-order valence-corrected chi connectivity index (χ2v) is 2.73. The van der Waals surface area contributed by atoms with Gasteiger partial charge in [-0.2, -0.15) is 0 Å². The van der Waals surface area contributed by atoms with Gasteiger partial charge in [0.15, 0.2) is 5.82 Å². The van der Waals surface area contributed by atoms with Crippen molar-refractivity contribution >= 4 is 16.9 Å². The Hall–Kier alpha value is -1.82. The van der Waals surface area contributed by atoms with Gasteiger partial charge in [0.05, 0.1) is 5.52 Å². The highest BCUT2D eigenvalue weighted by atomic mass is 15.7. The summed E-state index contributed by atoms with van der Waals surface area (Å²) in [6.07, 6.45) is 3.22. The topological polar surface area (TPSA) is 86.0 Å². The van der Waals surface area contributed by atoms with Crippen LogP contribution in [0, 0.1) is 0 Å². The van der Waals surface area contributed by atoms with Crippen molar-refractivity contribution in [1.82, 2.24) is 14.6 Å². The fourth-order valence-corrected chi connectivity index (χ4v) is 1.20. The van der Waals surface area contributed by atoms with Gasteiger partial charge in [-0.1, -0.05) is 0 Å². The average Bonchev–Trinajstić information content (AvgIpc) is 2.48. The molecule has 6 heteroatoms. The van der Waals surface area contributed by atoms with Crippen LogP contribution in [0.2, 0.25) is 0 Å². The average molecular weight is 178 g/mol. The summed E-state index contributed by atoms with van der Waals surface area (Å²) in [5.41, 5.74) is 7.13. The van der Waals surface area contributed by atoms with Gasteiger partial charge in [-0.3, -0.25) is 5.12 Å². The summed E-state index contributed by atoms with van der Waals surface area (Å²) in [5.74, 6) is 5.98. The highest BCUT2D eigenvalue weighted by molar-refractivity contribution is 5.84. The number of anilines is 1. The minimum atomic E-state index is 0.415. The smallest absolute Gasteiger partial charge is 0.151 e. The second kappa shape index (κ2) is 2.60. The van der Waals surface area contributed by atoms with Crippen LogP contribution >= 0.6 is 0 Å². The number of fused-ring (bicyclic) bond motifs is 1. The number of aromatic nitrogens is 3. The van der Waals surface area contributed by atoms with E-state index in [1.54, 1.807) is 24.2 Å². The quantitative estimate of drug-likeness (QED) is 0.452. The molecule has 0 radical (unpaired) electrons. The van der Waals surface area contributed by atoms with Gasteiger partial charge in [0.25, 0.3) is 0 Å². The SMILES string of the molecule is CN(N)n1cnc2c(N)nccc21. The Morgan fingerprint density at radius 1 is 1.46 bits per heavy atom. The molecule has 0 spiro atoms. The molecule has 68 valence electrons. The normalized spacial score (nSPS) is 10.6. The van der Waals surface area contributed by atoms with Gasteiger partial charge in [-0.15, -0.1) is 0 Å². The molecular weight excluding hydrogens is 168 g/mol. The van der Waals surface area contributed by atoms with E-state index in [1.807, 2.05) is 6.07 Å². The van der Waals surface area contributed by atoms with Gasteiger partial charge in [0.1, 0.15) is 11.8 Å². The fourth-order valence-electron chi connectivity index (χ4n) is 1.20. The predicted octanol–water partition coefficient (Wildman–Crippen LogP) is -0.545. The molecule has 4 N–H and O–H groups in total. The zero-order chi connectivity index (χ0) is 9.42. The number of imidazole rings is 1. The van der Waals surface area contributed by atoms with E-state index in [4.69, 9.17) is 11.6 Å². The summed E-state index contributed by atoms with van der Waals surface area (Å²) in [6.45, 7) is 0. The molecule has 2 rings (SSSR count). The van der Waals surface area contributed by atoms with E-state index < -0.39 is 0 Å². The number of nitrogens with zero attached hydrogens (tertiary/aromatic N) is 4. The monoisotopic (exact) mass is 178 g/mol. The Kier molecular flexibility index (Phi) is 1.56. The van der Waals surface area contributed by atoms with Crippen molar-refractivity contribution in [3.05, 3.63) is 18.6 Å². The molecule has 13 heavy (non-hydrogen) atoms. The maximum absolute atomic E-state index is 5.62. The van der Waals surface area contributed by atoms with Crippen molar-refractivity contribution in [2.45, 2.75) is 0 Å². The summed E-state index contributed by atoms with van der Waals surface area (Å²) in [6, 6.07) is 1.81. The summed E-state index contributed by atoms with van der Waals surface area (Å²) >= 11 is 0. The fraction of sp³-hybridized carbons (Fsp3) is 0.143. The molecule has 0 aromatic carbocycles. The molecule has 2 aromatic heterocycles. The lowest BCUT2D eigenvalue weighted by Crippen LogP contribution is -2.36. The lowest BCUT2D eigenvalue weighted by atomic mass is 10.4. The Bertz CT molecular complexity index is 431. The Morgan fingerprint density at radius 3 is 2.92 bits per heavy atom. The first kappa shape index (κ1) is 7.81. The van der Waals surface area contributed by atoms with E-state index in [0.29, 0.717) is 11.3 Å². The molecule has 0 fully saturated rings. The van der Waals surface area contributed by atoms with Gasteiger partial charge >= 0.3 is 0 Å². The number of nitrogens with two attached hydrogens (primary N) is 2. The third kappa shape index (κ3) is 1.07. The number of nitrogen functional groups attached to an aromatic ring is 1. The van der Waals surface area contributed by atoms with Crippen molar-refractivity contribution in [1.29, 1.82) is 0 Å². The minimum Gasteiger partial charge on any atom is -0.382 e. The predicted molar refractivity (Wildman–Crippen MR) is 50.3 cm³/mol. The molecule has 0 amide bonds. The largest absolute Gasteiger partial charge is 0.382 e. The van der Waals surface area contributed by atoms with Crippen molar-refractivity contribution in [2.75, 3.05) is 17.9 Å². The number of hydrogen-bond donors (Lipinski definition) is 2. The summed E-state index contributed by atoms with van der Waals surface area (Å²) in [7, 11) is 1.72. The molecule has 0 aliphatic carbocycles. The first-order chi connectivity index (χ1) is 6.20. The molecular formula is C7H10N6. The molecule has 0 bridgehead atoms. The number of hydrazine groups is 1. The van der Waals surface area contributed by atoms with E-state index in [2.05, 4.69) is 9.97 Å². The van der Waals surface area contributed by atoms with Gasteiger partial charge in [-0.05, 0) is 6.07 Å². The van der Waals surface area contributed by atoms with Crippen LogP contribution in [0.3, 0.4) is 0 Å². The zero-order valence-corrected chi connectivity index (χ0v) is 7.18. The first-order valence-corrected chi connectivity index (χ1v) is 3.76. The van der Waals surface area contributed by atoms with Crippen molar-refractivity contribution in [2.24, 2.45) is 5.84 Å². The Morgan fingerprint density at radius 2 is 2.23 bits per heavy atom. The Balaban J connectivity index is 2.75. The van der Waals surface area contributed by atoms with Gasteiger partial charge < -0.3 is 5.73 Å². The lowest BCUT2D eigenvalue weighted by Gasteiger charge is -2.13. The van der Waals surface area contributed by atoms with Crippen LogP contribution in [0.4, 0.5) is 5.82 Å². The molecule has 2 aromatic rings. The van der Waals surface area contributed by atoms with Crippen molar-refractivity contribution in [3.8, 4) is 0 Å². The second-order valence-electron chi connectivity index (χ2n) is 2.73. The van der Waals surface area contributed by atoms with Crippen LogP contribution in [0.5, 0.6) is 0 Å². The molecule has 0 saturated heterocycles. The molecule has 0 saturated carbocycles. The highest BCUT2D eigenvalue weighted by Gasteiger charge is 2.06. The van der Waals surface area contributed by atoms with Gasteiger partial charge in [-0.25, -0.2) is 20.5 Å². The number of rotatable bonds is 1. The van der Waals surface area contributed by atoms with E-state index in [1.165, 1.54) is 5.12 Å². The molecule has 2 heterocycles. The molecule has 6 nitrogen and oxygen atoms in total. The summed E-state index contributed by atoms with van der Waals surface area (Å²) in [5, 5.41) is 1.43. The van der Waals surface area contributed by atoms with Crippen LogP contribution in [0.1, 0.15) is 0 Å². The minimum absolute atomic E-state index is 0.415. The van der Waals surface area contributed by atoms with E-state index in [0.717, 1.165) is 5.52 Å². The van der Waals surface area contributed by atoms with Gasteiger partial charge in [0, 0.05) is 13.2 Å². The van der Waals surface area contributed by atoms with Crippen LogP contribution < -0.4 is 16.7 Å². The van der Waals surface area contributed by atoms with Crippen LogP contribution in [-0.4, -0.2) is 21.7 Å². The van der Waals surface area contributed by atoms with Crippen molar-refractivity contribution in [3.63, 3.8) is 0 Å². The standard InChI is InChI=1S/C7H10N6/c1-12(9)13-4-11-6-5(13)2-3-10-7(6)8/h2-4H,9H2,1H3,(H2,8,10). The third-order valence-corrected chi connectivity index (χ3v) is 1.81. The maximum atomic E-state index is 5.62. The van der Waals surface area contributed by atoms with Crippen molar-refractivity contribution < 1.29 is 0 Å². The van der Waals surface area contributed by atoms with Crippen LogP contribution in [-0.2, 0) is 0 Å². The third-order valence-electron chi connectivity index (χ3n) is 1.81. The van der Waals surface area contributed by atoms with E-state index >= 15 is 0 Å². The van der Waals surface area contributed by atoms with Gasteiger partial charge in [0.2, 0.25) is 0 Å². The van der Waals surface area contributed by atoms with E-state index in [-0.39, 0.29) is 0 Å². The maximum Gasteiger partial charge on any atom is 0.151 e. The summed E-state index contributed by atoms with van der Waals surface area (Å²) in [4.78, 5) is 8.02. The summed E-state index contributed by atoms with van der Waals surface area (Å²) < 4.78 is 1.69. The first-order valence-electron chi connectivity index (χ1n) is 3.76. The number of hydrogen-bond acceptors (Lipinski definition) is 5. The highest BCUT2D eigenvalue weighted by Crippen LogP contribution is 2.15. The number of pyridine rings is 1. The molecule has 0 unspecified atom stereocenters. The Labute approximate surface area is 74.7 Å². The zero-order valence-electron chi connectivity index (χ0n) is 7.18. The molecule has 0 atom stereocenters.